The highest BCUT2D eigenvalue weighted by atomic mass is 16.2. The quantitative estimate of drug-likeness (QED) is 0.781. The molecule has 0 saturated heterocycles. The molecule has 2 aromatic rings. The van der Waals surface area contributed by atoms with Gasteiger partial charge >= 0.3 is 0 Å². The van der Waals surface area contributed by atoms with Gasteiger partial charge in [-0.15, -0.1) is 0 Å². The number of Topliss-reactive ketones (excluding diaryl/α,β-unsaturated/α-hetero) is 1. The molecule has 0 radical (unpaired) electrons. The van der Waals surface area contributed by atoms with Crippen LogP contribution in [0, 0.1) is 12.3 Å². The van der Waals surface area contributed by atoms with E-state index in [9.17, 15) is 9.59 Å². The number of aryl methyl sites for hydroxylation is 1. The number of hydrogen-bond acceptors (Lipinski definition) is 2. The highest BCUT2D eigenvalue weighted by molar-refractivity contribution is 6.01. The van der Waals surface area contributed by atoms with Gasteiger partial charge in [0.05, 0.1) is 0 Å². The van der Waals surface area contributed by atoms with Gasteiger partial charge < -0.3 is 4.90 Å². The standard InChI is InChI=1S/C21H25NO2/c1-15-10-9-13-17(14-18(23)16-11-7-6-8-12-16)19(15)22(5)20(24)21(2,3)4/h6-13H,14H2,1-5H3. The Balaban J connectivity index is 2.37. The van der Waals surface area contributed by atoms with E-state index in [0.717, 1.165) is 16.8 Å². The molecule has 0 unspecified atom stereocenters. The van der Waals surface area contributed by atoms with Crippen molar-refractivity contribution >= 4 is 17.4 Å². The molecule has 2 rings (SSSR count). The van der Waals surface area contributed by atoms with E-state index in [1.54, 1.807) is 11.9 Å². The third-order valence-electron chi connectivity index (χ3n) is 4.05. The molecule has 0 atom stereocenters. The molecule has 0 heterocycles. The first-order chi connectivity index (χ1) is 11.2. The van der Waals surface area contributed by atoms with Crippen molar-refractivity contribution in [3.05, 3.63) is 65.2 Å². The predicted octanol–water partition coefficient (Wildman–Crippen LogP) is 4.43. The van der Waals surface area contributed by atoms with E-state index in [1.165, 1.54) is 0 Å². The van der Waals surface area contributed by atoms with Crippen LogP contribution in [0.1, 0.15) is 42.3 Å². The Morgan fingerprint density at radius 3 is 2.17 bits per heavy atom. The van der Waals surface area contributed by atoms with Crippen molar-refractivity contribution in [2.75, 3.05) is 11.9 Å². The average molecular weight is 323 g/mol. The molecule has 2 aromatic carbocycles. The first-order valence-corrected chi connectivity index (χ1v) is 8.16. The SMILES string of the molecule is Cc1cccc(CC(=O)c2ccccc2)c1N(C)C(=O)C(C)(C)C. The number of nitrogens with zero attached hydrogens (tertiary/aromatic N) is 1. The van der Waals surface area contributed by atoms with Gasteiger partial charge in [0.25, 0.3) is 0 Å². The lowest BCUT2D eigenvalue weighted by atomic mass is 9.93. The van der Waals surface area contributed by atoms with Gasteiger partial charge in [0.15, 0.2) is 5.78 Å². The minimum Gasteiger partial charge on any atom is -0.314 e. The summed E-state index contributed by atoms with van der Waals surface area (Å²) >= 11 is 0. The summed E-state index contributed by atoms with van der Waals surface area (Å²) in [7, 11) is 1.78. The fourth-order valence-electron chi connectivity index (χ4n) is 2.85. The van der Waals surface area contributed by atoms with E-state index in [4.69, 9.17) is 0 Å². The largest absolute Gasteiger partial charge is 0.314 e. The van der Waals surface area contributed by atoms with Gasteiger partial charge in [0.1, 0.15) is 0 Å². The molecule has 0 saturated carbocycles. The molecule has 1 amide bonds. The number of amides is 1. The van der Waals surface area contributed by atoms with E-state index in [1.807, 2.05) is 76.2 Å². The van der Waals surface area contributed by atoms with Gasteiger partial charge in [0, 0.05) is 30.1 Å². The number of para-hydroxylation sites is 1. The molecule has 0 aliphatic rings. The molecule has 0 aliphatic carbocycles. The summed E-state index contributed by atoms with van der Waals surface area (Å²) in [6, 6.07) is 15.1. The molecule has 0 aromatic heterocycles. The van der Waals surface area contributed by atoms with Gasteiger partial charge in [0.2, 0.25) is 5.91 Å². The summed E-state index contributed by atoms with van der Waals surface area (Å²) in [5, 5.41) is 0. The topological polar surface area (TPSA) is 37.4 Å². The van der Waals surface area contributed by atoms with Gasteiger partial charge in [-0.2, -0.15) is 0 Å². The number of ketones is 1. The van der Waals surface area contributed by atoms with Crippen molar-refractivity contribution in [3.63, 3.8) is 0 Å². The number of anilines is 1. The molecule has 0 spiro atoms. The second-order valence-corrected chi connectivity index (χ2v) is 7.16. The van der Waals surface area contributed by atoms with Crippen LogP contribution < -0.4 is 4.90 Å². The fourth-order valence-corrected chi connectivity index (χ4v) is 2.85. The number of carbonyl (C=O) groups is 2. The van der Waals surface area contributed by atoms with Crippen molar-refractivity contribution in [2.45, 2.75) is 34.1 Å². The summed E-state index contributed by atoms with van der Waals surface area (Å²) in [5.74, 6) is 0.0873. The minimum atomic E-state index is -0.474. The first kappa shape index (κ1) is 17.9. The van der Waals surface area contributed by atoms with Crippen LogP contribution in [0.3, 0.4) is 0 Å². The highest BCUT2D eigenvalue weighted by Crippen LogP contribution is 2.29. The van der Waals surface area contributed by atoms with Crippen molar-refractivity contribution in [3.8, 4) is 0 Å². The highest BCUT2D eigenvalue weighted by Gasteiger charge is 2.28. The van der Waals surface area contributed by atoms with Crippen LogP contribution >= 0.6 is 0 Å². The van der Waals surface area contributed by atoms with Crippen molar-refractivity contribution in [1.29, 1.82) is 0 Å². The smallest absolute Gasteiger partial charge is 0.232 e. The van der Waals surface area contributed by atoms with Crippen LogP contribution in [0.4, 0.5) is 5.69 Å². The Morgan fingerprint density at radius 2 is 1.58 bits per heavy atom. The van der Waals surface area contributed by atoms with E-state index in [-0.39, 0.29) is 18.1 Å². The Kier molecular flexibility index (Phi) is 5.23. The summed E-state index contributed by atoms with van der Waals surface area (Å²) in [5.41, 5.74) is 2.92. The molecule has 24 heavy (non-hydrogen) atoms. The normalized spacial score (nSPS) is 11.2. The van der Waals surface area contributed by atoms with Crippen molar-refractivity contribution < 1.29 is 9.59 Å². The zero-order chi connectivity index (χ0) is 17.9. The summed E-state index contributed by atoms with van der Waals surface area (Å²) < 4.78 is 0. The molecule has 0 bridgehead atoms. The third-order valence-corrected chi connectivity index (χ3v) is 4.05. The van der Waals surface area contributed by atoms with Crippen molar-refractivity contribution in [2.24, 2.45) is 5.41 Å². The summed E-state index contributed by atoms with van der Waals surface area (Å²) in [6.07, 6.45) is 0.281. The van der Waals surface area contributed by atoms with Crippen LogP contribution in [-0.2, 0) is 11.2 Å². The van der Waals surface area contributed by atoms with E-state index in [2.05, 4.69) is 0 Å². The third kappa shape index (κ3) is 3.91. The predicted molar refractivity (Wildman–Crippen MR) is 98.5 cm³/mol. The molecule has 0 fully saturated rings. The van der Waals surface area contributed by atoms with E-state index in [0.29, 0.717) is 5.56 Å². The Bertz CT molecular complexity index is 742. The maximum Gasteiger partial charge on any atom is 0.232 e. The molecule has 0 N–H and O–H groups in total. The van der Waals surface area contributed by atoms with Gasteiger partial charge in [-0.1, -0.05) is 69.3 Å². The maximum atomic E-state index is 12.7. The molecule has 0 aliphatic heterocycles. The van der Waals surface area contributed by atoms with Gasteiger partial charge in [-0.25, -0.2) is 0 Å². The van der Waals surface area contributed by atoms with Gasteiger partial charge in [-0.3, -0.25) is 9.59 Å². The van der Waals surface area contributed by atoms with Crippen molar-refractivity contribution in [1.82, 2.24) is 0 Å². The second-order valence-electron chi connectivity index (χ2n) is 7.16. The van der Waals surface area contributed by atoms with Crippen LogP contribution in [0.25, 0.3) is 0 Å². The molecular weight excluding hydrogens is 298 g/mol. The summed E-state index contributed by atoms with van der Waals surface area (Å²) in [4.78, 5) is 26.9. The zero-order valence-electron chi connectivity index (χ0n) is 15.1. The fraction of sp³-hybridized carbons (Fsp3) is 0.333. The van der Waals surface area contributed by atoms with Crippen LogP contribution in [0.5, 0.6) is 0 Å². The lowest BCUT2D eigenvalue weighted by molar-refractivity contribution is -0.125. The lowest BCUT2D eigenvalue weighted by Gasteiger charge is -2.29. The average Bonchev–Trinajstić information content (AvgIpc) is 2.53. The molecule has 3 nitrogen and oxygen atoms in total. The van der Waals surface area contributed by atoms with E-state index >= 15 is 0 Å². The number of hydrogen-bond donors (Lipinski definition) is 0. The molecule has 3 heteroatoms. The zero-order valence-corrected chi connectivity index (χ0v) is 15.1. The lowest BCUT2D eigenvalue weighted by Crippen LogP contribution is -2.37. The van der Waals surface area contributed by atoms with Gasteiger partial charge in [-0.05, 0) is 18.1 Å². The van der Waals surface area contributed by atoms with Crippen LogP contribution in [-0.4, -0.2) is 18.7 Å². The van der Waals surface area contributed by atoms with E-state index < -0.39 is 5.41 Å². The number of benzene rings is 2. The second kappa shape index (κ2) is 7.00. The molecule has 126 valence electrons. The van der Waals surface area contributed by atoms with Crippen LogP contribution in [0.15, 0.2) is 48.5 Å². The molecular formula is C21H25NO2. The number of rotatable bonds is 4. The Labute approximate surface area is 144 Å². The first-order valence-electron chi connectivity index (χ1n) is 8.16. The minimum absolute atomic E-state index is 0.0326. The maximum absolute atomic E-state index is 12.7. The monoisotopic (exact) mass is 323 g/mol. The summed E-state index contributed by atoms with van der Waals surface area (Å²) in [6.45, 7) is 7.68. The van der Waals surface area contributed by atoms with Crippen LogP contribution in [0.2, 0.25) is 0 Å². The Hall–Kier alpha value is -2.42. The Morgan fingerprint density at radius 1 is 0.958 bits per heavy atom. The number of carbonyl (C=O) groups excluding carboxylic acids is 2.